The first kappa shape index (κ1) is 18.2. The average molecular weight is 341 g/mol. The third kappa shape index (κ3) is 5.74. The van der Waals surface area contributed by atoms with Crippen molar-refractivity contribution in [3.8, 4) is 5.75 Å². The Hall–Kier alpha value is -3.19. The minimum Gasteiger partial charge on any atom is -0.491 e. The van der Waals surface area contributed by atoms with Gasteiger partial charge in [0.1, 0.15) is 12.4 Å². The number of anilines is 2. The highest BCUT2D eigenvalue weighted by Gasteiger charge is 2.17. The number of aliphatic hydroxyl groups excluding tert-OH is 1. The van der Waals surface area contributed by atoms with Crippen molar-refractivity contribution in [3.05, 3.63) is 54.6 Å². The number of nitrogens with one attached hydrogen (secondary N) is 2. The van der Waals surface area contributed by atoms with Gasteiger partial charge in [0.15, 0.2) is 11.5 Å². The lowest BCUT2D eigenvalue weighted by atomic mass is 10.2. The SMILES string of the molecule is CC(=O)/C(=N/Nc1ccccc1)C(=O)Nc1ccc(OCCO)cc1. The van der Waals surface area contributed by atoms with Gasteiger partial charge in [0, 0.05) is 12.6 Å². The number of ether oxygens (including phenoxy) is 1. The Balaban J connectivity index is 2.03. The third-order valence-corrected chi connectivity index (χ3v) is 3.09. The van der Waals surface area contributed by atoms with E-state index in [1.165, 1.54) is 6.92 Å². The van der Waals surface area contributed by atoms with E-state index in [1.54, 1.807) is 36.4 Å². The maximum Gasteiger partial charge on any atom is 0.279 e. The van der Waals surface area contributed by atoms with Crippen LogP contribution in [0.3, 0.4) is 0 Å². The molecule has 1 amide bonds. The average Bonchev–Trinajstić information content (AvgIpc) is 2.62. The second kappa shape index (κ2) is 9.19. The van der Waals surface area contributed by atoms with E-state index >= 15 is 0 Å². The Kier molecular flexibility index (Phi) is 6.67. The van der Waals surface area contributed by atoms with Gasteiger partial charge in [0.25, 0.3) is 5.91 Å². The zero-order chi connectivity index (χ0) is 18.1. The number of amides is 1. The molecule has 0 aromatic heterocycles. The van der Waals surface area contributed by atoms with Crippen LogP contribution in [-0.2, 0) is 9.59 Å². The normalized spacial score (nSPS) is 10.9. The zero-order valence-corrected chi connectivity index (χ0v) is 13.7. The van der Waals surface area contributed by atoms with Crippen LogP contribution in [0.2, 0.25) is 0 Å². The second-order valence-electron chi connectivity index (χ2n) is 5.04. The summed E-state index contributed by atoms with van der Waals surface area (Å²) in [5.74, 6) is -0.498. The van der Waals surface area contributed by atoms with Crippen molar-refractivity contribution in [2.24, 2.45) is 5.10 Å². The Bertz CT molecular complexity index is 743. The number of benzene rings is 2. The maximum atomic E-state index is 12.3. The molecule has 0 aliphatic carbocycles. The number of hydrogen-bond donors (Lipinski definition) is 3. The van der Waals surface area contributed by atoms with Crippen LogP contribution < -0.4 is 15.5 Å². The fraction of sp³-hybridized carbons (Fsp3) is 0.167. The molecular weight excluding hydrogens is 322 g/mol. The van der Waals surface area contributed by atoms with Crippen molar-refractivity contribution in [2.75, 3.05) is 24.0 Å². The summed E-state index contributed by atoms with van der Waals surface area (Å²) in [4.78, 5) is 24.0. The van der Waals surface area contributed by atoms with E-state index in [1.807, 2.05) is 18.2 Å². The molecule has 0 aliphatic rings. The molecule has 3 N–H and O–H groups in total. The summed E-state index contributed by atoms with van der Waals surface area (Å²) in [5.41, 5.74) is 3.62. The summed E-state index contributed by atoms with van der Waals surface area (Å²) >= 11 is 0. The topological polar surface area (TPSA) is 100 Å². The molecule has 0 unspecified atom stereocenters. The van der Waals surface area contributed by atoms with Gasteiger partial charge in [0.2, 0.25) is 0 Å². The second-order valence-corrected chi connectivity index (χ2v) is 5.04. The number of Topliss-reactive ketones (excluding diaryl/α,β-unsaturated/α-hetero) is 1. The number of nitrogens with zero attached hydrogens (tertiary/aromatic N) is 1. The van der Waals surface area contributed by atoms with Crippen LogP contribution in [0.25, 0.3) is 0 Å². The van der Waals surface area contributed by atoms with Crippen LogP contribution in [0.15, 0.2) is 59.7 Å². The van der Waals surface area contributed by atoms with E-state index < -0.39 is 11.7 Å². The lowest BCUT2D eigenvalue weighted by Crippen LogP contribution is -2.29. The van der Waals surface area contributed by atoms with Gasteiger partial charge in [-0.05, 0) is 36.4 Å². The summed E-state index contributed by atoms with van der Waals surface area (Å²) in [6.45, 7) is 1.39. The zero-order valence-electron chi connectivity index (χ0n) is 13.7. The van der Waals surface area contributed by atoms with Gasteiger partial charge in [-0.25, -0.2) is 0 Å². The number of carbonyl (C=O) groups excluding carboxylic acids is 2. The summed E-state index contributed by atoms with van der Waals surface area (Å²) in [5, 5.41) is 15.2. The predicted molar refractivity (Wildman–Crippen MR) is 95.8 cm³/mol. The van der Waals surface area contributed by atoms with E-state index in [9.17, 15) is 9.59 Å². The van der Waals surface area contributed by atoms with Gasteiger partial charge >= 0.3 is 0 Å². The predicted octanol–water partition coefficient (Wildman–Crippen LogP) is 2.05. The first-order valence-corrected chi connectivity index (χ1v) is 7.65. The lowest BCUT2D eigenvalue weighted by molar-refractivity contribution is -0.114. The lowest BCUT2D eigenvalue weighted by Gasteiger charge is -2.08. The fourth-order valence-electron chi connectivity index (χ4n) is 1.91. The quantitative estimate of drug-likeness (QED) is 0.388. The van der Waals surface area contributed by atoms with Crippen LogP contribution in [-0.4, -0.2) is 35.7 Å². The molecule has 0 atom stereocenters. The summed E-state index contributed by atoms with van der Waals surface area (Å²) < 4.78 is 5.24. The van der Waals surface area contributed by atoms with Crippen molar-refractivity contribution in [3.63, 3.8) is 0 Å². The van der Waals surface area contributed by atoms with Crippen LogP contribution >= 0.6 is 0 Å². The van der Waals surface area contributed by atoms with Crippen molar-refractivity contribution >= 4 is 28.8 Å². The molecule has 0 aliphatic heterocycles. The number of carbonyl (C=O) groups is 2. The van der Waals surface area contributed by atoms with Gasteiger partial charge in [-0.2, -0.15) is 5.10 Å². The highest BCUT2D eigenvalue weighted by molar-refractivity contribution is 6.67. The van der Waals surface area contributed by atoms with Crippen LogP contribution in [0.5, 0.6) is 5.75 Å². The van der Waals surface area contributed by atoms with E-state index in [0.29, 0.717) is 17.1 Å². The number of aliphatic hydroxyl groups is 1. The van der Waals surface area contributed by atoms with Gasteiger partial charge in [-0.15, -0.1) is 0 Å². The molecule has 0 radical (unpaired) electrons. The van der Waals surface area contributed by atoms with Crippen molar-refractivity contribution in [1.29, 1.82) is 0 Å². The van der Waals surface area contributed by atoms with Gasteiger partial charge in [-0.3, -0.25) is 15.0 Å². The molecule has 0 spiro atoms. The van der Waals surface area contributed by atoms with Crippen molar-refractivity contribution in [2.45, 2.75) is 6.92 Å². The molecule has 2 rings (SSSR count). The number of rotatable bonds is 8. The molecule has 0 saturated heterocycles. The first-order chi connectivity index (χ1) is 12.1. The Morgan fingerprint density at radius 2 is 1.72 bits per heavy atom. The monoisotopic (exact) mass is 341 g/mol. The number of hydrogen-bond acceptors (Lipinski definition) is 6. The Morgan fingerprint density at radius 1 is 1.04 bits per heavy atom. The smallest absolute Gasteiger partial charge is 0.279 e. The molecule has 0 fully saturated rings. The fourth-order valence-corrected chi connectivity index (χ4v) is 1.91. The minimum atomic E-state index is -0.611. The minimum absolute atomic E-state index is 0.0780. The van der Waals surface area contributed by atoms with Gasteiger partial charge in [0.05, 0.1) is 12.3 Å². The van der Waals surface area contributed by atoms with Crippen molar-refractivity contribution < 1.29 is 19.4 Å². The number of hydrazone groups is 1. The first-order valence-electron chi connectivity index (χ1n) is 7.65. The summed E-state index contributed by atoms with van der Waals surface area (Å²) in [6.07, 6.45) is 0. The van der Waals surface area contributed by atoms with E-state index in [4.69, 9.17) is 9.84 Å². The molecule has 7 nitrogen and oxygen atoms in total. The largest absolute Gasteiger partial charge is 0.491 e. The molecule has 0 saturated carbocycles. The third-order valence-electron chi connectivity index (χ3n) is 3.09. The van der Waals surface area contributed by atoms with Crippen LogP contribution in [0.4, 0.5) is 11.4 Å². The molecule has 2 aromatic carbocycles. The molecular formula is C18H19N3O4. The standard InChI is InChI=1S/C18H19N3O4/c1-13(23)17(21-20-15-5-3-2-4-6-15)18(24)19-14-7-9-16(10-8-14)25-12-11-22/h2-10,20,22H,11-12H2,1H3,(H,19,24)/b21-17-. The Labute approximate surface area is 145 Å². The molecule has 0 heterocycles. The van der Waals surface area contributed by atoms with E-state index in [2.05, 4.69) is 15.8 Å². The highest BCUT2D eigenvalue weighted by Crippen LogP contribution is 2.15. The van der Waals surface area contributed by atoms with Gasteiger partial charge in [-0.1, -0.05) is 18.2 Å². The van der Waals surface area contributed by atoms with Crippen LogP contribution in [0, 0.1) is 0 Å². The van der Waals surface area contributed by atoms with E-state index in [-0.39, 0.29) is 18.9 Å². The van der Waals surface area contributed by atoms with E-state index in [0.717, 1.165) is 0 Å². The maximum absolute atomic E-state index is 12.3. The summed E-state index contributed by atoms with van der Waals surface area (Å²) in [6, 6.07) is 15.6. The Morgan fingerprint density at radius 3 is 2.32 bits per heavy atom. The molecule has 0 bridgehead atoms. The highest BCUT2D eigenvalue weighted by atomic mass is 16.5. The molecule has 25 heavy (non-hydrogen) atoms. The molecule has 2 aromatic rings. The number of para-hydroxylation sites is 1. The van der Waals surface area contributed by atoms with Crippen molar-refractivity contribution in [1.82, 2.24) is 0 Å². The molecule has 7 heteroatoms. The summed E-state index contributed by atoms with van der Waals surface area (Å²) in [7, 11) is 0. The van der Waals surface area contributed by atoms with Crippen LogP contribution in [0.1, 0.15) is 6.92 Å². The van der Waals surface area contributed by atoms with Gasteiger partial charge < -0.3 is 15.2 Å². The number of ketones is 1. The molecule has 130 valence electrons.